The lowest BCUT2D eigenvalue weighted by molar-refractivity contribution is -0.384. The normalized spacial score (nSPS) is 10.4. The Morgan fingerprint density at radius 2 is 1.85 bits per heavy atom. The van der Waals surface area contributed by atoms with Crippen LogP contribution >= 0.6 is 12.4 Å². The van der Waals surface area contributed by atoms with Gasteiger partial charge in [0.2, 0.25) is 0 Å². The van der Waals surface area contributed by atoms with Gasteiger partial charge in [0.1, 0.15) is 11.3 Å². The first-order valence-electron chi connectivity index (χ1n) is 7.82. The first-order chi connectivity index (χ1) is 11.6. The number of carbonyl (C=O) groups excluding carboxylic acids is 1. The highest BCUT2D eigenvalue weighted by atomic mass is 35.5. The minimum absolute atomic E-state index is 0. The lowest BCUT2D eigenvalue weighted by Gasteiger charge is -2.19. The maximum Gasteiger partial charge on any atom is 0.407 e. The van der Waals surface area contributed by atoms with Gasteiger partial charge < -0.3 is 20.5 Å². The van der Waals surface area contributed by atoms with Gasteiger partial charge in [-0.15, -0.1) is 12.4 Å². The summed E-state index contributed by atoms with van der Waals surface area (Å²) in [5, 5.41) is 25.4. The molecule has 0 saturated heterocycles. The first-order valence-corrected chi connectivity index (χ1v) is 7.82. The summed E-state index contributed by atoms with van der Waals surface area (Å²) in [6.45, 7) is 6.21. The third-order valence-electron chi connectivity index (χ3n) is 3.03. The number of hydrogen-bond acceptors (Lipinski definition) is 6. The van der Waals surface area contributed by atoms with Crippen LogP contribution in [0, 0.1) is 10.1 Å². The Morgan fingerprint density at radius 1 is 1.23 bits per heavy atom. The Labute approximate surface area is 157 Å². The molecule has 0 aliphatic rings. The standard InChI is InChI=1S/C16H23N3O6.ClH/c1-16(2,3)25-15(22)18-9-5-4-8-17-12-7-6-11(14(20)21)10-13(12)19(23)24;/h6-7,10,17H,4-5,8-9H2,1-3H3,(H,18,22)(H,20,21);1H. The van der Waals surface area contributed by atoms with E-state index in [0.717, 1.165) is 6.07 Å². The zero-order chi connectivity index (χ0) is 19.0. The molecule has 1 rings (SSSR count). The number of nitro benzene ring substituents is 1. The number of nitro groups is 1. The summed E-state index contributed by atoms with van der Waals surface area (Å²) in [6.07, 6.45) is 0.835. The number of alkyl carbamates (subject to hydrolysis) is 1. The molecule has 0 aliphatic heterocycles. The van der Waals surface area contributed by atoms with Crippen LogP contribution in [0.2, 0.25) is 0 Å². The van der Waals surface area contributed by atoms with Crippen molar-refractivity contribution in [3.8, 4) is 0 Å². The molecule has 0 atom stereocenters. The quantitative estimate of drug-likeness (QED) is 0.352. The Balaban J connectivity index is 0.00000625. The molecule has 0 aliphatic carbocycles. The number of unbranched alkanes of at least 4 members (excludes halogenated alkanes) is 1. The third kappa shape index (κ3) is 8.52. The van der Waals surface area contributed by atoms with Crippen LogP contribution in [0.1, 0.15) is 44.0 Å². The van der Waals surface area contributed by atoms with Crippen molar-refractivity contribution >= 4 is 35.8 Å². The number of benzene rings is 1. The van der Waals surface area contributed by atoms with Gasteiger partial charge in [0, 0.05) is 19.2 Å². The average molecular weight is 390 g/mol. The topological polar surface area (TPSA) is 131 Å². The van der Waals surface area contributed by atoms with Gasteiger partial charge in [0.05, 0.1) is 10.5 Å². The molecule has 0 heterocycles. The second-order valence-electron chi connectivity index (χ2n) is 6.36. The van der Waals surface area contributed by atoms with Crippen molar-refractivity contribution in [3.05, 3.63) is 33.9 Å². The van der Waals surface area contributed by atoms with Crippen LogP contribution in [-0.2, 0) is 4.74 Å². The molecule has 0 spiro atoms. The minimum Gasteiger partial charge on any atom is -0.478 e. The number of amides is 1. The number of carboxylic acid groups (broad SMARTS) is 1. The molecular weight excluding hydrogens is 366 g/mol. The molecule has 10 heteroatoms. The molecule has 1 amide bonds. The summed E-state index contributed by atoms with van der Waals surface area (Å²) in [6, 6.07) is 3.71. The van der Waals surface area contributed by atoms with E-state index in [4.69, 9.17) is 9.84 Å². The Hall–Kier alpha value is -2.55. The fourth-order valence-electron chi connectivity index (χ4n) is 1.94. The molecule has 1 aromatic carbocycles. The van der Waals surface area contributed by atoms with E-state index in [2.05, 4.69) is 10.6 Å². The fourth-order valence-corrected chi connectivity index (χ4v) is 1.94. The molecule has 26 heavy (non-hydrogen) atoms. The Kier molecular flexibility index (Phi) is 9.42. The van der Waals surface area contributed by atoms with Crippen molar-refractivity contribution in [2.24, 2.45) is 0 Å². The van der Waals surface area contributed by atoms with Crippen LogP contribution in [0.3, 0.4) is 0 Å². The molecule has 9 nitrogen and oxygen atoms in total. The lowest BCUT2D eigenvalue weighted by atomic mass is 10.1. The molecule has 0 radical (unpaired) electrons. The van der Waals surface area contributed by atoms with Gasteiger partial charge in [-0.3, -0.25) is 10.1 Å². The SMILES string of the molecule is CC(C)(C)OC(=O)NCCCCNc1ccc(C(=O)O)cc1[N+](=O)[O-].Cl. The van der Waals surface area contributed by atoms with Gasteiger partial charge >= 0.3 is 12.1 Å². The summed E-state index contributed by atoms with van der Waals surface area (Å²) >= 11 is 0. The summed E-state index contributed by atoms with van der Waals surface area (Å²) in [4.78, 5) is 32.7. The Bertz CT molecular complexity index is 645. The van der Waals surface area contributed by atoms with Crippen LogP contribution < -0.4 is 10.6 Å². The smallest absolute Gasteiger partial charge is 0.407 e. The second-order valence-corrected chi connectivity index (χ2v) is 6.36. The predicted octanol–water partition coefficient (Wildman–Crippen LogP) is 3.43. The predicted molar refractivity (Wildman–Crippen MR) is 99.3 cm³/mol. The van der Waals surface area contributed by atoms with Crippen LogP contribution in [0.15, 0.2) is 18.2 Å². The van der Waals surface area contributed by atoms with Crippen molar-refractivity contribution in [2.75, 3.05) is 18.4 Å². The number of anilines is 1. The second kappa shape index (κ2) is 10.4. The summed E-state index contributed by atoms with van der Waals surface area (Å²) in [5.41, 5.74) is -0.715. The van der Waals surface area contributed by atoms with Crippen LogP contribution in [0.5, 0.6) is 0 Å². The molecule has 0 fully saturated rings. The zero-order valence-electron chi connectivity index (χ0n) is 14.9. The van der Waals surface area contributed by atoms with Gasteiger partial charge in [-0.05, 0) is 45.7 Å². The summed E-state index contributed by atoms with van der Waals surface area (Å²) in [7, 11) is 0. The van der Waals surface area contributed by atoms with E-state index in [0.29, 0.717) is 25.9 Å². The maximum absolute atomic E-state index is 11.4. The van der Waals surface area contributed by atoms with E-state index >= 15 is 0 Å². The summed E-state index contributed by atoms with van der Waals surface area (Å²) in [5.74, 6) is -1.22. The van der Waals surface area contributed by atoms with Gasteiger partial charge in [0.15, 0.2) is 0 Å². The average Bonchev–Trinajstić information content (AvgIpc) is 2.48. The van der Waals surface area contributed by atoms with E-state index < -0.39 is 22.6 Å². The number of nitrogens with one attached hydrogen (secondary N) is 2. The van der Waals surface area contributed by atoms with E-state index in [9.17, 15) is 19.7 Å². The van der Waals surface area contributed by atoms with Crippen molar-refractivity contribution in [3.63, 3.8) is 0 Å². The number of halogens is 1. The monoisotopic (exact) mass is 389 g/mol. The van der Waals surface area contributed by atoms with Gasteiger partial charge in [0.25, 0.3) is 5.69 Å². The molecule has 0 saturated carbocycles. The van der Waals surface area contributed by atoms with Crippen molar-refractivity contribution in [2.45, 2.75) is 39.2 Å². The maximum atomic E-state index is 11.4. The number of aromatic carboxylic acids is 1. The van der Waals surface area contributed by atoms with Gasteiger partial charge in [-0.25, -0.2) is 9.59 Å². The highest BCUT2D eigenvalue weighted by Gasteiger charge is 2.17. The van der Waals surface area contributed by atoms with Crippen molar-refractivity contribution in [1.82, 2.24) is 5.32 Å². The highest BCUT2D eigenvalue weighted by Crippen LogP contribution is 2.25. The first kappa shape index (κ1) is 23.4. The fraction of sp³-hybridized carbons (Fsp3) is 0.500. The molecule has 0 bridgehead atoms. The van der Waals surface area contributed by atoms with Crippen molar-refractivity contribution < 1.29 is 24.4 Å². The van der Waals surface area contributed by atoms with Gasteiger partial charge in [-0.2, -0.15) is 0 Å². The minimum atomic E-state index is -1.22. The molecule has 1 aromatic rings. The van der Waals surface area contributed by atoms with Crippen LogP contribution in [0.25, 0.3) is 0 Å². The number of carbonyl (C=O) groups is 2. The lowest BCUT2D eigenvalue weighted by Crippen LogP contribution is -2.33. The van der Waals surface area contributed by atoms with Crippen LogP contribution in [-0.4, -0.2) is 40.8 Å². The Morgan fingerprint density at radius 3 is 2.38 bits per heavy atom. The molecule has 0 unspecified atom stereocenters. The van der Waals surface area contributed by atoms with Gasteiger partial charge in [-0.1, -0.05) is 0 Å². The molecule has 3 N–H and O–H groups in total. The number of hydrogen-bond donors (Lipinski definition) is 3. The van der Waals surface area contributed by atoms with E-state index in [1.807, 2.05) is 0 Å². The zero-order valence-corrected chi connectivity index (χ0v) is 15.7. The number of rotatable bonds is 8. The van der Waals surface area contributed by atoms with Crippen LogP contribution in [0.4, 0.5) is 16.2 Å². The van der Waals surface area contributed by atoms with Crippen molar-refractivity contribution in [1.29, 1.82) is 0 Å². The van der Waals surface area contributed by atoms with E-state index in [1.54, 1.807) is 20.8 Å². The highest BCUT2D eigenvalue weighted by molar-refractivity contribution is 5.89. The molecule has 146 valence electrons. The molecular formula is C16H24ClN3O6. The van der Waals surface area contributed by atoms with E-state index in [-0.39, 0.29) is 29.3 Å². The summed E-state index contributed by atoms with van der Waals surface area (Å²) < 4.78 is 5.10. The molecule has 0 aromatic heterocycles. The largest absolute Gasteiger partial charge is 0.478 e. The number of carboxylic acids is 1. The number of nitrogens with zero attached hydrogens (tertiary/aromatic N) is 1. The third-order valence-corrected chi connectivity index (χ3v) is 3.03. The van der Waals surface area contributed by atoms with E-state index in [1.165, 1.54) is 12.1 Å². The number of ether oxygens (including phenoxy) is 1.